The summed E-state index contributed by atoms with van der Waals surface area (Å²) in [6, 6.07) is 13.9. The Kier molecular flexibility index (Phi) is 5.52. The van der Waals surface area contributed by atoms with Gasteiger partial charge in [0.2, 0.25) is 0 Å². The van der Waals surface area contributed by atoms with Crippen LogP contribution in [-0.4, -0.2) is 18.9 Å². The zero-order chi connectivity index (χ0) is 19.4. The number of hydrogen-bond acceptors (Lipinski definition) is 4. The molecule has 5 nitrogen and oxygen atoms in total. The second-order valence-electron chi connectivity index (χ2n) is 5.74. The van der Waals surface area contributed by atoms with Gasteiger partial charge < -0.3 is 15.4 Å². The third-order valence-corrected chi connectivity index (χ3v) is 4.76. The summed E-state index contributed by atoms with van der Waals surface area (Å²) in [6.45, 7) is 1.93. The molecule has 2 amide bonds. The second-order valence-corrected chi connectivity index (χ2v) is 7.03. The zero-order valence-electron chi connectivity index (χ0n) is 14.7. The van der Waals surface area contributed by atoms with E-state index >= 15 is 0 Å². The number of benzene rings is 2. The van der Waals surface area contributed by atoms with Crippen LogP contribution in [0.5, 0.6) is 5.75 Å². The quantitative estimate of drug-likeness (QED) is 0.669. The van der Waals surface area contributed by atoms with Gasteiger partial charge in [-0.1, -0.05) is 6.07 Å². The number of rotatable bonds is 5. The Morgan fingerprint density at radius 1 is 1.00 bits per heavy atom. The molecule has 0 bridgehead atoms. The molecule has 0 spiro atoms. The van der Waals surface area contributed by atoms with Crippen molar-refractivity contribution in [2.24, 2.45) is 0 Å². The molecule has 0 radical (unpaired) electrons. The lowest BCUT2D eigenvalue weighted by atomic mass is 10.2. The zero-order valence-corrected chi connectivity index (χ0v) is 15.5. The third kappa shape index (κ3) is 4.51. The molecule has 1 aromatic heterocycles. The van der Waals surface area contributed by atoms with Crippen molar-refractivity contribution in [1.29, 1.82) is 0 Å². The lowest BCUT2D eigenvalue weighted by Crippen LogP contribution is -2.14. The van der Waals surface area contributed by atoms with Gasteiger partial charge in [0.1, 0.15) is 11.6 Å². The van der Waals surface area contributed by atoms with Crippen LogP contribution in [0.4, 0.5) is 15.8 Å². The van der Waals surface area contributed by atoms with E-state index < -0.39 is 11.7 Å². The first-order valence-corrected chi connectivity index (χ1v) is 8.90. The van der Waals surface area contributed by atoms with Gasteiger partial charge in [0, 0.05) is 16.1 Å². The van der Waals surface area contributed by atoms with E-state index in [1.165, 1.54) is 36.6 Å². The van der Waals surface area contributed by atoms with E-state index in [2.05, 4.69) is 10.6 Å². The summed E-state index contributed by atoms with van der Waals surface area (Å²) in [5.41, 5.74) is 1.05. The summed E-state index contributed by atoms with van der Waals surface area (Å²) in [5, 5.41) is 5.47. The largest absolute Gasteiger partial charge is 0.495 e. The number of hydrogen-bond donors (Lipinski definition) is 2. The smallest absolute Gasteiger partial charge is 0.265 e. The van der Waals surface area contributed by atoms with E-state index in [-0.39, 0.29) is 11.5 Å². The van der Waals surface area contributed by atoms with E-state index in [1.807, 2.05) is 13.0 Å². The molecule has 0 aliphatic carbocycles. The van der Waals surface area contributed by atoms with Gasteiger partial charge in [-0.3, -0.25) is 9.59 Å². The van der Waals surface area contributed by atoms with Crippen LogP contribution in [0.2, 0.25) is 0 Å². The number of methoxy groups -OCH3 is 1. The minimum Gasteiger partial charge on any atom is -0.495 e. The van der Waals surface area contributed by atoms with E-state index in [4.69, 9.17) is 4.74 Å². The van der Waals surface area contributed by atoms with Gasteiger partial charge in [-0.05, 0) is 55.5 Å². The molecule has 0 fully saturated rings. The minimum absolute atomic E-state index is 0.181. The number of amides is 2. The van der Waals surface area contributed by atoms with Crippen molar-refractivity contribution in [2.45, 2.75) is 6.92 Å². The number of aryl methyl sites for hydroxylation is 1. The van der Waals surface area contributed by atoms with Crippen molar-refractivity contribution < 1.29 is 18.7 Å². The predicted octanol–water partition coefficient (Wildman–Crippen LogP) is 4.71. The average molecular weight is 384 g/mol. The van der Waals surface area contributed by atoms with Gasteiger partial charge >= 0.3 is 0 Å². The fourth-order valence-electron chi connectivity index (χ4n) is 2.46. The standard InChI is InChI=1S/C20H17FN2O3S/c1-12-6-9-18(27-12)20(25)22-15-7-8-17(26-2)16(11-15)23-19(24)13-4-3-5-14(21)10-13/h3-11H,1-2H3,(H,22,25)(H,23,24). The highest BCUT2D eigenvalue weighted by Crippen LogP contribution is 2.29. The van der Waals surface area contributed by atoms with Gasteiger partial charge in [-0.25, -0.2) is 4.39 Å². The summed E-state index contributed by atoms with van der Waals surface area (Å²) in [5.74, 6) is -0.794. The molecule has 0 saturated heterocycles. The second kappa shape index (κ2) is 8.01. The van der Waals surface area contributed by atoms with Crippen molar-refractivity contribution in [3.63, 3.8) is 0 Å². The SMILES string of the molecule is COc1ccc(NC(=O)c2ccc(C)s2)cc1NC(=O)c1cccc(F)c1. The Hall–Kier alpha value is -3.19. The molecular weight excluding hydrogens is 367 g/mol. The van der Waals surface area contributed by atoms with Gasteiger partial charge in [-0.15, -0.1) is 11.3 Å². The Labute approximate surface area is 159 Å². The number of carbonyl (C=O) groups is 2. The first-order chi connectivity index (χ1) is 13.0. The number of nitrogens with one attached hydrogen (secondary N) is 2. The topological polar surface area (TPSA) is 67.4 Å². The highest BCUT2D eigenvalue weighted by atomic mass is 32.1. The lowest BCUT2D eigenvalue weighted by molar-refractivity contribution is 0.102. The van der Waals surface area contributed by atoms with E-state index in [9.17, 15) is 14.0 Å². The van der Waals surface area contributed by atoms with Crippen molar-refractivity contribution in [1.82, 2.24) is 0 Å². The Bertz CT molecular complexity index is 1000. The Morgan fingerprint density at radius 2 is 1.81 bits per heavy atom. The molecule has 7 heteroatoms. The Morgan fingerprint density at radius 3 is 2.48 bits per heavy atom. The van der Waals surface area contributed by atoms with Gasteiger partial charge in [0.05, 0.1) is 17.7 Å². The minimum atomic E-state index is -0.498. The van der Waals surface area contributed by atoms with Crippen LogP contribution in [0.3, 0.4) is 0 Å². The van der Waals surface area contributed by atoms with Crippen molar-refractivity contribution in [3.8, 4) is 5.75 Å². The monoisotopic (exact) mass is 384 g/mol. The number of carbonyl (C=O) groups excluding carboxylic acids is 2. The molecule has 3 rings (SSSR count). The molecule has 1 heterocycles. The summed E-state index contributed by atoms with van der Waals surface area (Å²) < 4.78 is 18.6. The fraction of sp³-hybridized carbons (Fsp3) is 0.100. The molecule has 0 unspecified atom stereocenters. The number of ether oxygens (including phenoxy) is 1. The normalized spacial score (nSPS) is 10.3. The van der Waals surface area contributed by atoms with Gasteiger partial charge in [0.25, 0.3) is 11.8 Å². The summed E-state index contributed by atoms with van der Waals surface area (Å²) in [4.78, 5) is 26.3. The number of halogens is 1. The summed E-state index contributed by atoms with van der Waals surface area (Å²) >= 11 is 1.39. The van der Waals surface area contributed by atoms with Crippen LogP contribution >= 0.6 is 11.3 Å². The van der Waals surface area contributed by atoms with Crippen molar-refractivity contribution in [2.75, 3.05) is 17.7 Å². The highest BCUT2D eigenvalue weighted by molar-refractivity contribution is 7.14. The first kappa shape index (κ1) is 18.6. The molecule has 0 aliphatic rings. The average Bonchev–Trinajstić information content (AvgIpc) is 3.08. The third-order valence-electron chi connectivity index (χ3n) is 3.76. The first-order valence-electron chi connectivity index (χ1n) is 8.09. The summed E-state index contributed by atoms with van der Waals surface area (Å²) in [7, 11) is 1.47. The van der Waals surface area contributed by atoms with Crippen LogP contribution in [0.15, 0.2) is 54.6 Å². The predicted molar refractivity (Wildman–Crippen MR) is 104 cm³/mol. The maximum atomic E-state index is 13.3. The van der Waals surface area contributed by atoms with Gasteiger partial charge in [-0.2, -0.15) is 0 Å². The van der Waals surface area contributed by atoms with Crippen LogP contribution < -0.4 is 15.4 Å². The lowest BCUT2D eigenvalue weighted by Gasteiger charge is -2.13. The Balaban J connectivity index is 1.81. The van der Waals surface area contributed by atoms with Gasteiger partial charge in [0.15, 0.2) is 0 Å². The van der Waals surface area contributed by atoms with Crippen LogP contribution in [0.1, 0.15) is 24.9 Å². The van der Waals surface area contributed by atoms with Crippen molar-refractivity contribution >= 4 is 34.5 Å². The molecular formula is C20H17FN2O3S. The van der Waals surface area contributed by atoms with Crippen LogP contribution in [0, 0.1) is 12.7 Å². The summed E-state index contributed by atoms with van der Waals surface area (Å²) in [6.07, 6.45) is 0. The molecule has 138 valence electrons. The number of anilines is 2. The fourth-order valence-corrected chi connectivity index (χ4v) is 3.22. The van der Waals surface area contributed by atoms with Crippen LogP contribution in [-0.2, 0) is 0 Å². The maximum Gasteiger partial charge on any atom is 0.265 e. The molecule has 0 atom stereocenters. The molecule has 0 aliphatic heterocycles. The maximum absolute atomic E-state index is 13.3. The van der Waals surface area contributed by atoms with Crippen LogP contribution in [0.25, 0.3) is 0 Å². The molecule has 3 aromatic rings. The number of thiophene rings is 1. The molecule has 0 saturated carbocycles. The van der Waals surface area contributed by atoms with E-state index in [0.29, 0.717) is 22.0 Å². The van der Waals surface area contributed by atoms with E-state index in [1.54, 1.807) is 24.3 Å². The van der Waals surface area contributed by atoms with E-state index in [0.717, 1.165) is 10.9 Å². The highest BCUT2D eigenvalue weighted by Gasteiger charge is 2.13. The molecule has 2 aromatic carbocycles. The molecule has 2 N–H and O–H groups in total. The molecule has 27 heavy (non-hydrogen) atoms. The van der Waals surface area contributed by atoms with Crippen molar-refractivity contribution in [3.05, 3.63) is 75.7 Å².